The number of nitrogens with zero attached hydrogens (tertiary/aromatic N) is 1. The third-order valence-electron chi connectivity index (χ3n) is 0.936. The number of hydrogen-bond donors (Lipinski definition) is 2. The third-order valence-corrected chi connectivity index (χ3v) is 0.936. The van der Waals surface area contributed by atoms with Gasteiger partial charge in [0, 0.05) is 0 Å². The van der Waals surface area contributed by atoms with Crippen molar-refractivity contribution in [1.82, 2.24) is 0 Å². The van der Waals surface area contributed by atoms with Crippen LogP contribution in [0.2, 0.25) is 0 Å². The van der Waals surface area contributed by atoms with Crippen LogP contribution in [0.25, 0.3) is 0 Å². The molecule has 0 saturated carbocycles. The number of hydrogen-bond acceptors (Lipinski definition) is 3. The van der Waals surface area contributed by atoms with Gasteiger partial charge in [0.05, 0.1) is 24.7 Å². The maximum Gasteiger partial charge on any atom is 0.0987 e. The zero-order valence-electron chi connectivity index (χ0n) is 4.99. The molecule has 0 aliphatic rings. The van der Waals surface area contributed by atoms with E-state index in [1.807, 2.05) is 0 Å². The van der Waals surface area contributed by atoms with Gasteiger partial charge in [-0.3, -0.25) is 0 Å². The summed E-state index contributed by atoms with van der Waals surface area (Å²) in [5.74, 6) is 0. The van der Waals surface area contributed by atoms with Crippen molar-refractivity contribution in [2.24, 2.45) is 0 Å². The van der Waals surface area contributed by atoms with Gasteiger partial charge >= 0.3 is 0 Å². The summed E-state index contributed by atoms with van der Waals surface area (Å²) in [4.78, 5) is 0. The molecule has 2 atom stereocenters. The van der Waals surface area contributed by atoms with Crippen LogP contribution in [-0.4, -0.2) is 22.4 Å². The summed E-state index contributed by atoms with van der Waals surface area (Å²) < 4.78 is 0. The van der Waals surface area contributed by atoms with E-state index in [4.69, 9.17) is 15.5 Å². The monoisotopic (exact) mass is 127 g/mol. The Morgan fingerprint density at radius 2 is 2.22 bits per heavy atom. The van der Waals surface area contributed by atoms with Crippen LogP contribution >= 0.6 is 0 Å². The maximum absolute atomic E-state index is 8.77. The van der Waals surface area contributed by atoms with E-state index < -0.39 is 12.2 Å². The molecule has 50 valence electrons. The Bertz CT molecular complexity index is 128. The molecule has 0 unspecified atom stereocenters. The van der Waals surface area contributed by atoms with E-state index in [1.54, 1.807) is 6.07 Å². The minimum Gasteiger partial charge on any atom is -0.389 e. The molecular weight excluding hydrogens is 118 g/mol. The van der Waals surface area contributed by atoms with E-state index >= 15 is 0 Å². The fourth-order valence-electron chi connectivity index (χ4n) is 0.371. The van der Waals surface area contributed by atoms with Crippen molar-refractivity contribution in [3.63, 3.8) is 0 Å². The first kappa shape index (κ1) is 8.15. The SMILES string of the molecule is C=C[C@H](O)[C@H](O)CC#N. The van der Waals surface area contributed by atoms with Gasteiger partial charge in [0.2, 0.25) is 0 Å². The van der Waals surface area contributed by atoms with E-state index in [0.29, 0.717) is 0 Å². The van der Waals surface area contributed by atoms with Gasteiger partial charge in [-0.25, -0.2) is 0 Å². The van der Waals surface area contributed by atoms with Crippen molar-refractivity contribution < 1.29 is 10.2 Å². The molecule has 0 aromatic carbocycles. The minimum atomic E-state index is -0.993. The molecule has 0 aromatic heterocycles. The molecule has 2 N–H and O–H groups in total. The highest BCUT2D eigenvalue weighted by atomic mass is 16.3. The van der Waals surface area contributed by atoms with E-state index in [9.17, 15) is 0 Å². The molecule has 0 aliphatic heterocycles. The van der Waals surface area contributed by atoms with E-state index in [-0.39, 0.29) is 6.42 Å². The van der Waals surface area contributed by atoms with Crippen molar-refractivity contribution in [3.8, 4) is 6.07 Å². The van der Waals surface area contributed by atoms with Crippen molar-refractivity contribution in [3.05, 3.63) is 12.7 Å². The van der Waals surface area contributed by atoms with Gasteiger partial charge in [0.25, 0.3) is 0 Å². The fraction of sp³-hybridized carbons (Fsp3) is 0.500. The number of rotatable bonds is 3. The van der Waals surface area contributed by atoms with Crippen LogP contribution in [0, 0.1) is 11.3 Å². The molecule has 0 saturated heterocycles. The van der Waals surface area contributed by atoms with Crippen molar-refractivity contribution in [2.75, 3.05) is 0 Å². The number of aliphatic hydroxyl groups excluding tert-OH is 2. The summed E-state index contributed by atoms with van der Waals surface area (Å²) in [5, 5.41) is 25.5. The average Bonchev–Trinajstić information content (AvgIpc) is 1.87. The number of aliphatic hydroxyl groups is 2. The van der Waals surface area contributed by atoms with Crippen LogP contribution in [0.15, 0.2) is 12.7 Å². The smallest absolute Gasteiger partial charge is 0.0987 e. The Labute approximate surface area is 53.9 Å². The molecule has 0 spiro atoms. The lowest BCUT2D eigenvalue weighted by molar-refractivity contribution is 0.0525. The molecule has 3 nitrogen and oxygen atoms in total. The quantitative estimate of drug-likeness (QED) is 0.516. The molecule has 0 aliphatic carbocycles. The van der Waals surface area contributed by atoms with Gasteiger partial charge in [0.15, 0.2) is 0 Å². The Hall–Kier alpha value is -0.850. The largest absolute Gasteiger partial charge is 0.389 e. The molecule has 0 heterocycles. The van der Waals surface area contributed by atoms with Crippen LogP contribution < -0.4 is 0 Å². The van der Waals surface area contributed by atoms with Gasteiger partial charge in [-0.2, -0.15) is 5.26 Å². The fourth-order valence-corrected chi connectivity index (χ4v) is 0.371. The first-order valence-corrected chi connectivity index (χ1v) is 2.58. The second-order valence-electron chi connectivity index (χ2n) is 1.66. The summed E-state index contributed by atoms with van der Waals surface area (Å²) >= 11 is 0. The summed E-state index contributed by atoms with van der Waals surface area (Å²) in [6.07, 6.45) is -0.841. The lowest BCUT2D eigenvalue weighted by atomic mass is 10.1. The minimum absolute atomic E-state index is 0.0623. The third kappa shape index (κ3) is 2.85. The maximum atomic E-state index is 8.77. The number of nitriles is 1. The zero-order chi connectivity index (χ0) is 7.28. The molecule has 0 radical (unpaired) electrons. The Balaban J connectivity index is 3.60. The normalized spacial score (nSPS) is 15.7. The first-order valence-electron chi connectivity index (χ1n) is 2.58. The predicted octanol–water partition coefficient (Wildman–Crippen LogP) is -0.192. The summed E-state index contributed by atoms with van der Waals surface area (Å²) in [6.45, 7) is 3.24. The highest BCUT2D eigenvalue weighted by molar-refractivity contribution is 4.89. The molecular formula is C6H9NO2. The molecule has 0 rings (SSSR count). The highest BCUT2D eigenvalue weighted by Crippen LogP contribution is 1.97. The van der Waals surface area contributed by atoms with E-state index in [1.165, 1.54) is 6.08 Å². The summed E-state index contributed by atoms with van der Waals surface area (Å²) in [5.41, 5.74) is 0. The van der Waals surface area contributed by atoms with Gasteiger partial charge in [-0.15, -0.1) is 6.58 Å². The van der Waals surface area contributed by atoms with Crippen molar-refractivity contribution >= 4 is 0 Å². The Morgan fingerprint density at radius 1 is 1.67 bits per heavy atom. The van der Waals surface area contributed by atoms with Crippen LogP contribution in [0.3, 0.4) is 0 Å². The molecule has 0 fully saturated rings. The Morgan fingerprint density at radius 3 is 2.56 bits per heavy atom. The summed E-state index contributed by atoms with van der Waals surface area (Å²) in [6, 6.07) is 1.72. The van der Waals surface area contributed by atoms with Crippen LogP contribution in [0.5, 0.6) is 0 Å². The second kappa shape index (κ2) is 4.07. The standard InChI is InChI=1S/C6H9NO2/c1-2-5(8)6(9)3-4-7/h2,5-6,8-9H,1,3H2/t5-,6+/m0/s1. The zero-order valence-corrected chi connectivity index (χ0v) is 4.99. The van der Waals surface area contributed by atoms with Crippen molar-refractivity contribution in [1.29, 1.82) is 5.26 Å². The van der Waals surface area contributed by atoms with E-state index in [0.717, 1.165) is 0 Å². The van der Waals surface area contributed by atoms with Crippen LogP contribution in [-0.2, 0) is 0 Å². The molecule has 0 amide bonds. The topological polar surface area (TPSA) is 64.2 Å². The van der Waals surface area contributed by atoms with Gasteiger partial charge in [-0.1, -0.05) is 6.08 Å². The van der Waals surface area contributed by atoms with Crippen LogP contribution in [0.1, 0.15) is 6.42 Å². The molecule has 0 bridgehead atoms. The summed E-state index contributed by atoms with van der Waals surface area (Å²) in [7, 11) is 0. The average molecular weight is 127 g/mol. The lowest BCUT2D eigenvalue weighted by Crippen LogP contribution is -2.22. The molecule has 3 heteroatoms. The highest BCUT2D eigenvalue weighted by Gasteiger charge is 2.10. The van der Waals surface area contributed by atoms with Gasteiger partial charge in [0.1, 0.15) is 0 Å². The van der Waals surface area contributed by atoms with E-state index in [2.05, 4.69) is 6.58 Å². The first-order chi connectivity index (χ1) is 4.22. The van der Waals surface area contributed by atoms with Gasteiger partial charge < -0.3 is 10.2 Å². The van der Waals surface area contributed by atoms with Gasteiger partial charge in [-0.05, 0) is 0 Å². The molecule has 9 heavy (non-hydrogen) atoms. The second-order valence-corrected chi connectivity index (χ2v) is 1.66. The van der Waals surface area contributed by atoms with Crippen molar-refractivity contribution in [2.45, 2.75) is 18.6 Å². The van der Waals surface area contributed by atoms with Crippen LogP contribution in [0.4, 0.5) is 0 Å². The lowest BCUT2D eigenvalue weighted by Gasteiger charge is -2.08. The Kier molecular flexibility index (Phi) is 3.69. The molecule has 0 aromatic rings. The predicted molar refractivity (Wildman–Crippen MR) is 32.4 cm³/mol.